The highest BCUT2D eigenvalue weighted by atomic mass is 79.9. The van der Waals surface area contributed by atoms with Crippen LogP contribution in [0.15, 0.2) is 22.9 Å². The zero-order valence-electron chi connectivity index (χ0n) is 9.15. The van der Waals surface area contributed by atoms with E-state index in [0.717, 1.165) is 16.6 Å². The highest BCUT2D eigenvalue weighted by Crippen LogP contribution is 2.27. The van der Waals surface area contributed by atoms with Crippen LogP contribution in [-0.4, -0.2) is 39.6 Å². The number of thioether (sulfide) groups is 1. The van der Waals surface area contributed by atoms with Gasteiger partial charge in [-0.25, -0.2) is 0 Å². The van der Waals surface area contributed by atoms with E-state index in [0.29, 0.717) is 17.9 Å². The number of rotatable bonds is 3. The Kier molecular flexibility index (Phi) is 4.06. The third-order valence-corrected chi connectivity index (χ3v) is 4.30. The second kappa shape index (κ2) is 5.37. The lowest BCUT2D eigenvalue weighted by Crippen LogP contribution is -2.42. The molecule has 0 aliphatic carbocycles. The molecule has 0 saturated carbocycles. The molecule has 2 rings (SSSR count). The maximum atomic E-state index is 11.8. The van der Waals surface area contributed by atoms with Crippen molar-refractivity contribution < 1.29 is 9.90 Å². The van der Waals surface area contributed by atoms with Crippen molar-refractivity contribution >= 4 is 33.6 Å². The van der Waals surface area contributed by atoms with Crippen molar-refractivity contribution in [3.05, 3.63) is 28.5 Å². The average Bonchev–Trinajstić information content (AvgIpc) is 2.74. The Labute approximate surface area is 112 Å². The van der Waals surface area contributed by atoms with Gasteiger partial charge in [0.1, 0.15) is 0 Å². The molecular formula is C11H13BrN2O2S. The Morgan fingerprint density at radius 1 is 1.65 bits per heavy atom. The molecule has 2 N–H and O–H groups in total. The van der Waals surface area contributed by atoms with Crippen LogP contribution in [0.2, 0.25) is 0 Å². The van der Waals surface area contributed by atoms with E-state index < -0.39 is 5.60 Å². The molecule has 1 aromatic heterocycles. The normalized spacial score (nSPS) is 23.6. The Morgan fingerprint density at radius 3 is 3.12 bits per heavy atom. The summed E-state index contributed by atoms with van der Waals surface area (Å²) in [5.41, 5.74) is -0.256. The first-order valence-corrected chi connectivity index (χ1v) is 7.23. The van der Waals surface area contributed by atoms with Crippen LogP contribution in [0, 0.1) is 0 Å². The Balaban J connectivity index is 1.93. The van der Waals surface area contributed by atoms with Crippen LogP contribution in [0.4, 0.5) is 0 Å². The standard InChI is InChI=1S/C11H13BrN2O2S/c12-9-3-8(4-13-5-9)10(15)14-6-11(16)1-2-17-7-11/h3-5,16H,1-2,6-7H2,(H,14,15). The molecule has 92 valence electrons. The number of aromatic nitrogens is 1. The number of nitrogens with one attached hydrogen (secondary N) is 1. The molecule has 0 aromatic carbocycles. The predicted molar refractivity (Wildman–Crippen MR) is 71.2 cm³/mol. The van der Waals surface area contributed by atoms with Crippen molar-refractivity contribution in [2.75, 3.05) is 18.1 Å². The molecule has 1 aromatic rings. The molecular weight excluding hydrogens is 304 g/mol. The van der Waals surface area contributed by atoms with Crippen molar-refractivity contribution in [1.82, 2.24) is 10.3 Å². The number of carbonyl (C=O) groups excluding carboxylic acids is 1. The van der Waals surface area contributed by atoms with Crippen molar-refractivity contribution in [1.29, 1.82) is 0 Å². The first-order valence-electron chi connectivity index (χ1n) is 5.28. The number of halogens is 1. The third-order valence-electron chi connectivity index (χ3n) is 2.63. The maximum absolute atomic E-state index is 11.8. The molecule has 1 aliphatic heterocycles. The van der Waals surface area contributed by atoms with Gasteiger partial charge in [-0.2, -0.15) is 11.8 Å². The summed E-state index contributed by atoms with van der Waals surface area (Å²) in [6.07, 6.45) is 3.86. The summed E-state index contributed by atoms with van der Waals surface area (Å²) < 4.78 is 0.764. The number of pyridine rings is 1. The van der Waals surface area contributed by atoms with Gasteiger partial charge >= 0.3 is 0 Å². The summed E-state index contributed by atoms with van der Waals surface area (Å²) in [5, 5.41) is 12.8. The largest absolute Gasteiger partial charge is 0.387 e. The molecule has 1 fully saturated rings. The summed E-state index contributed by atoms with van der Waals surface area (Å²) in [6.45, 7) is 0.297. The van der Waals surface area contributed by atoms with Gasteiger partial charge < -0.3 is 10.4 Å². The lowest BCUT2D eigenvalue weighted by Gasteiger charge is -2.21. The van der Waals surface area contributed by atoms with E-state index in [1.807, 2.05) is 0 Å². The molecule has 1 atom stereocenters. The summed E-state index contributed by atoms with van der Waals surface area (Å²) in [6, 6.07) is 1.70. The van der Waals surface area contributed by atoms with Crippen molar-refractivity contribution in [2.45, 2.75) is 12.0 Å². The molecule has 1 amide bonds. The molecule has 17 heavy (non-hydrogen) atoms. The van der Waals surface area contributed by atoms with Gasteiger partial charge in [-0.3, -0.25) is 9.78 Å². The van der Waals surface area contributed by atoms with Crippen LogP contribution >= 0.6 is 27.7 Å². The number of carbonyl (C=O) groups is 1. The summed E-state index contributed by atoms with van der Waals surface area (Å²) in [5.74, 6) is 1.43. The van der Waals surface area contributed by atoms with E-state index in [1.54, 1.807) is 24.0 Å². The first-order chi connectivity index (χ1) is 8.09. The summed E-state index contributed by atoms with van der Waals surface area (Å²) in [4.78, 5) is 15.7. The summed E-state index contributed by atoms with van der Waals surface area (Å²) in [7, 11) is 0. The SMILES string of the molecule is O=C(NCC1(O)CCSC1)c1cncc(Br)c1. The van der Waals surface area contributed by atoms with E-state index in [2.05, 4.69) is 26.2 Å². The lowest BCUT2D eigenvalue weighted by atomic mass is 10.0. The van der Waals surface area contributed by atoms with Gasteiger partial charge in [0.2, 0.25) is 0 Å². The fourth-order valence-electron chi connectivity index (χ4n) is 1.62. The Bertz CT molecular complexity index is 422. The zero-order chi connectivity index (χ0) is 12.3. The Morgan fingerprint density at radius 2 is 2.47 bits per heavy atom. The second-order valence-corrected chi connectivity index (χ2v) is 6.12. The number of amides is 1. The number of hydrogen-bond donors (Lipinski definition) is 2. The van der Waals surface area contributed by atoms with Gasteiger partial charge in [0.25, 0.3) is 5.91 Å². The smallest absolute Gasteiger partial charge is 0.252 e. The minimum absolute atomic E-state index is 0.205. The van der Waals surface area contributed by atoms with E-state index in [4.69, 9.17) is 0 Å². The maximum Gasteiger partial charge on any atom is 0.252 e. The second-order valence-electron chi connectivity index (χ2n) is 4.10. The number of nitrogens with zero attached hydrogens (tertiary/aromatic N) is 1. The van der Waals surface area contributed by atoms with Gasteiger partial charge in [0.15, 0.2) is 0 Å². The fraction of sp³-hybridized carbons (Fsp3) is 0.455. The average molecular weight is 317 g/mol. The molecule has 1 unspecified atom stereocenters. The van der Waals surface area contributed by atoms with E-state index in [9.17, 15) is 9.90 Å². The minimum Gasteiger partial charge on any atom is -0.387 e. The highest BCUT2D eigenvalue weighted by Gasteiger charge is 2.32. The quantitative estimate of drug-likeness (QED) is 0.886. The van der Waals surface area contributed by atoms with Crippen LogP contribution in [0.5, 0.6) is 0 Å². The third kappa shape index (κ3) is 3.43. The van der Waals surface area contributed by atoms with Gasteiger partial charge in [0, 0.05) is 29.2 Å². The molecule has 0 radical (unpaired) electrons. The lowest BCUT2D eigenvalue weighted by molar-refractivity contribution is 0.0612. The monoisotopic (exact) mass is 316 g/mol. The minimum atomic E-state index is -0.750. The van der Waals surface area contributed by atoms with Crippen LogP contribution in [0.3, 0.4) is 0 Å². The van der Waals surface area contributed by atoms with Crippen molar-refractivity contribution in [2.24, 2.45) is 0 Å². The molecule has 0 bridgehead atoms. The topological polar surface area (TPSA) is 62.2 Å². The van der Waals surface area contributed by atoms with E-state index in [-0.39, 0.29) is 5.91 Å². The van der Waals surface area contributed by atoms with Gasteiger partial charge in [-0.05, 0) is 34.2 Å². The van der Waals surface area contributed by atoms with Crippen molar-refractivity contribution in [3.63, 3.8) is 0 Å². The molecule has 4 nitrogen and oxygen atoms in total. The molecule has 6 heteroatoms. The van der Waals surface area contributed by atoms with Gasteiger partial charge in [-0.15, -0.1) is 0 Å². The van der Waals surface area contributed by atoms with E-state index in [1.165, 1.54) is 6.20 Å². The Hall–Kier alpha value is -0.590. The van der Waals surface area contributed by atoms with Crippen LogP contribution in [0.1, 0.15) is 16.8 Å². The molecule has 2 heterocycles. The van der Waals surface area contributed by atoms with Crippen LogP contribution < -0.4 is 5.32 Å². The first kappa shape index (κ1) is 12.9. The summed E-state index contributed by atoms with van der Waals surface area (Å²) >= 11 is 4.97. The van der Waals surface area contributed by atoms with Crippen molar-refractivity contribution in [3.8, 4) is 0 Å². The molecule has 1 saturated heterocycles. The molecule has 1 aliphatic rings. The van der Waals surface area contributed by atoms with Gasteiger partial charge in [0.05, 0.1) is 11.2 Å². The van der Waals surface area contributed by atoms with Gasteiger partial charge in [-0.1, -0.05) is 0 Å². The molecule has 0 spiro atoms. The van der Waals surface area contributed by atoms with Crippen LogP contribution in [-0.2, 0) is 0 Å². The fourth-order valence-corrected chi connectivity index (χ4v) is 3.28. The van der Waals surface area contributed by atoms with Crippen LogP contribution in [0.25, 0.3) is 0 Å². The highest BCUT2D eigenvalue weighted by molar-refractivity contribution is 9.10. The van der Waals surface area contributed by atoms with E-state index >= 15 is 0 Å². The number of hydrogen-bond acceptors (Lipinski definition) is 4. The number of aliphatic hydroxyl groups is 1. The zero-order valence-corrected chi connectivity index (χ0v) is 11.6. The predicted octanol–water partition coefficient (Wildman–Crippen LogP) is 1.44.